The number of anilines is 1. The maximum absolute atomic E-state index is 13.7. The van der Waals surface area contributed by atoms with Gasteiger partial charge in [0, 0.05) is 37.3 Å². The number of rotatable bonds is 9. The van der Waals surface area contributed by atoms with E-state index >= 15 is 0 Å². The second-order valence-electron chi connectivity index (χ2n) is 9.63. The molecule has 2 heterocycles. The van der Waals surface area contributed by atoms with Gasteiger partial charge >= 0.3 is 6.03 Å². The van der Waals surface area contributed by atoms with E-state index in [1.54, 1.807) is 0 Å². The first-order valence-electron chi connectivity index (χ1n) is 13.2. The minimum absolute atomic E-state index is 0.0240. The van der Waals surface area contributed by atoms with E-state index in [1.807, 2.05) is 41.3 Å². The summed E-state index contributed by atoms with van der Waals surface area (Å²) < 4.78 is 6.10. The number of nitrogens with zero attached hydrogens (tertiary/aromatic N) is 2. The van der Waals surface area contributed by atoms with Crippen LogP contribution in [0.5, 0.6) is 0 Å². The summed E-state index contributed by atoms with van der Waals surface area (Å²) in [5.74, 6) is 0.172. The number of aliphatic hydroxyl groups is 1. The van der Waals surface area contributed by atoms with Gasteiger partial charge in [-0.3, -0.25) is 5.32 Å². The van der Waals surface area contributed by atoms with Gasteiger partial charge in [-0.25, -0.2) is 9.78 Å². The first kappa shape index (κ1) is 27.3. The van der Waals surface area contributed by atoms with Crippen LogP contribution in [0.15, 0.2) is 84.9 Å². The lowest BCUT2D eigenvalue weighted by molar-refractivity contribution is 0.0475. The van der Waals surface area contributed by atoms with Crippen LogP contribution in [0.1, 0.15) is 41.9 Å². The van der Waals surface area contributed by atoms with Gasteiger partial charge in [-0.2, -0.15) is 0 Å². The van der Waals surface area contributed by atoms with Crippen LogP contribution >= 0.6 is 22.9 Å². The smallest absolute Gasteiger partial charge is 0.323 e. The van der Waals surface area contributed by atoms with Crippen LogP contribution in [0.25, 0.3) is 11.3 Å². The molecule has 0 atom stereocenters. The zero-order valence-corrected chi connectivity index (χ0v) is 23.2. The topological polar surface area (TPSA) is 74.7 Å². The highest BCUT2D eigenvalue weighted by molar-refractivity contribution is 7.20. The number of ether oxygens (including phenoxy) is 1. The largest absolute Gasteiger partial charge is 0.392 e. The molecular weight excluding hydrogens is 530 g/mol. The monoisotopic (exact) mass is 561 g/mol. The molecule has 8 heteroatoms. The van der Waals surface area contributed by atoms with Gasteiger partial charge in [0.25, 0.3) is 0 Å². The molecule has 1 saturated heterocycles. The Bertz CT molecular complexity index is 1300. The first-order chi connectivity index (χ1) is 19.1. The van der Waals surface area contributed by atoms with E-state index in [-0.39, 0.29) is 24.6 Å². The minimum atomic E-state index is -0.172. The number of benzene rings is 3. The van der Waals surface area contributed by atoms with Crippen LogP contribution in [0.2, 0.25) is 4.34 Å². The molecule has 5 rings (SSSR count). The molecule has 202 valence electrons. The third-order valence-electron chi connectivity index (χ3n) is 7.16. The highest BCUT2D eigenvalue weighted by atomic mass is 35.5. The molecular formula is C31H32ClN3O3S. The molecule has 1 fully saturated rings. The summed E-state index contributed by atoms with van der Waals surface area (Å²) in [7, 11) is 0. The van der Waals surface area contributed by atoms with Gasteiger partial charge in [0.1, 0.15) is 10.0 Å². The lowest BCUT2D eigenvalue weighted by atomic mass is 9.88. The number of hydrogen-bond donors (Lipinski definition) is 2. The fraction of sp³-hybridized carbons (Fsp3) is 0.290. The second kappa shape index (κ2) is 13.2. The van der Waals surface area contributed by atoms with Gasteiger partial charge in [0.05, 0.1) is 6.61 Å². The van der Waals surface area contributed by atoms with E-state index in [0.717, 1.165) is 30.4 Å². The number of carbonyl (C=O) groups is 1. The number of aliphatic hydroxyl groups excluding tert-OH is 1. The number of urea groups is 1. The molecule has 0 spiro atoms. The summed E-state index contributed by atoms with van der Waals surface area (Å²) >= 11 is 7.78. The molecule has 4 aromatic rings. The Morgan fingerprint density at radius 1 is 1.00 bits per heavy atom. The maximum atomic E-state index is 13.7. The average Bonchev–Trinajstić information content (AvgIpc) is 3.36. The van der Waals surface area contributed by atoms with Crippen molar-refractivity contribution in [3.63, 3.8) is 0 Å². The Hall–Kier alpha value is -3.23. The molecule has 3 aromatic carbocycles. The third-order valence-corrected chi connectivity index (χ3v) is 8.33. The fourth-order valence-corrected chi connectivity index (χ4v) is 6.15. The zero-order chi connectivity index (χ0) is 27.0. The number of thiazole rings is 1. The van der Waals surface area contributed by atoms with Crippen molar-refractivity contribution in [2.75, 3.05) is 25.1 Å². The zero-order valence-electron chi connectivity index (χ0n) is 21.6. The summed E-state index contributed by atoms with van der Waals surface area (Å²) in [6, 6.07) is 28.3. The van der Waals surface area contributed by atoms with E-state index in [2.05, 4.69) is 58.8 Å². The quantitative estimate of drug-likeness (QED) is 0.227. The number of halogens is 1. The molecule has 0 unspecified atom stereocenters. The highest BCUT2D eigenvalue weighted by Crippen LogP contribution is 2.36. The average molecular weight is 562 g/mol. The number of nitrogens with one attached hydrogen (secondary N) is 1. The van der Waals surface area contributed by atoms with Crippen LogP contribution in [0, 0.1) is 0 Å². The summed E-state index contributed by atoms with van der Waals surface area (Å²) in [5, 5.41) is 12.8. The van der Waals surface area contributed by atoms with Crippen LogP contribution in [0.4, 0.5) is 9.93 Å². The standard InChI is InChI=1S/C31H32ClN3O3S/c32-29-28(25-13-11-22(21-36)12-14-25)33-30(39-29)34-31(37)35(26-16-19-38-20-17-26)18-15-27(23-7-3-1-4-8-23)24-9-5-2-6-10-24/h1-14,26-27,36H,15-21H2,(H,33,34,37). The predicted molar refractivity (Wildman–Crippen MR) is 157 cm³/mol. The highest BCUT2D eigenvalue weighted by Gasteiger charge is 2.28. The summed E-state index contributed by atoms with van der Waals surface area (Å²) in [6.07, 6.45) is 2.39. The summed E-state index contributed by atoms with van der Waals surface area (Å²) in [5.41, 5.74) is 4.74. The Morgan fingerprint density at radius 2 is 1.62 bits per heavy atom. The molecule has 39 heavy (non-hydrogen) atoms. The molecule has 1 aliphatic heterocycles. The lowest BCUT2D eigenvalue weighted by Crippen LogP contribution is -2.46. The fourth-order valence-electron chi connectivity index (χ4n) is 5.08. The Balaban J connectivity index is 1.35. The third kappa shape index (κ3) is 6.86. The number of amides is 2. The van der Waals surface area contributed by atoms with E-state index in [9.17, 15) is 9.90 Å². The van der Waals surface area contributed by atoms with Crippen molar-refractivity contribution >= 4 is 34.1 Å². The van der Waals surface area contributed by atoms with Crippen molar-refractivity contribution in [2.45, 2.75) is 37.8 Å². The van der Waals surface area contributed by atoms with Crippen LogP contribution in [-0.4, -0.2) is 46.8 Å². The van der Waals surface area contributed by atoms with Crippen LogP contribution in [0.3, 0.4) is 0 Å². The van der Waals surface area contributed by atoms with Crippen molar-refractivity contribution < 1.29 is 14.6 Å². The number of aromatic nitrogens is 1. The second-order valence-corrected chi connectivity index (χ2v) is 11.2. The van der Waals surface area contributed by atoms with Crippen LogP contribution < -0.4 is 5.32 Å². The first-order valence-corrected chi connectivity index (χ1v) is 14.4. The van der Waals surface area contributed by atoms with Gasteiger partial charge in [-0.15, -0.1) is 0 Å². The molecule has 1 aromatic heterocycles. The molecule has 6 nitrogen and oxygen atoms in total. The Kier molecular flexibility index (Phi) is 9.27. The molecule has 0 radical (unpaired) electrons. The van der Waals surface area contributed by atoms with Crippen molar-refractivity contribution in [2.24, 2.45) is 0 Å². The summed E-state index contributed by atoms with van der Waals surface area (Å²) in [6.45, 7) is 1.86. The van der Waals surface area contributed by atoms with Crippen molar-refractivity contribution in [1.82, 2.24) is 9.88 Å². The SMILES string of the molecule is O=C(Nc1nc(-c2ccc(CO)cc2)c(Cl)s1)N(CCC(c1ccccc1)c1ccccc1)C1CCOCC1. The molecule has 0 aliphatic carbocycles. The van der Waals surface area contributed by atoms with Gasteiger partial charge < -0.3 is 14.7 Å². The van der Waals surface area contributed by atoms with E-state index in [4.69, 9.17) is 16.3 Å². The van der Waals surface area contributed by atoms with Crippen LogP contribution in [-0.2, 0) is 11.3 Å². The summed E-state index contributed by atoms with van der Waals surface area (Å²) in [4.78, 5) is 20.3. The normalized spacial score (nSPS) is 13.9. The van der Waals surface area contributed by atoms with Crippen molar-refractivity contribution in [3.8, 4) is 11.3 Å². The predicted octanol–water partition coefficient (Wildman–Crippen LogP) is 7.19. The Labute approximate surface area is 238 Å². The van der Waals surface area contributed by atoms with E-state index in [0.29, 0.717) is 34.9 Å². The van der Waals surface area contributed by atoms with Crippen molar-refractivity contribution in [1.29, 1.82) is 0 Å². The van der Waals surface area contributed by atoms with Gasteiger partial charge in [0.15, 0.2) is 5.13 Å². The number of hydrogen-bond acceptors (Lipinski definition) is 5. The van der Waals surface area contributed by atoms with Gasteiger partial charge in [-0.05, 0) is 36.0 Å². The van der Waals surface area contributed by atoms with Gasteiger partial charge in [-0.1, -0.05) is 108 Å². The van der Waals surface area contributed by atoms with Gasteiger partial charge in [0.2, 0.25) is 0 Å². The maximum Gasteiger partial charge on any atom is 0.323 e. The Morgan fingerprint density at radius 3 is 2.21 bits per heavy atom. The number of carbonyl (C=O) groups excluding carboxylic acids is 1. The lowest BCUT2D eigenvalue weighted by Gasteiger charge is -2.35. The molecule has 0 saturated carbocycles. The molecule has 1 aliphatic rings. The molecule has 0 bridgehead atoms. The minimum Gasteiger partial charge on any atom is -0.392 e. The van der Waals surface area contributed by atoms with Crippen molar-refractivity contribution in [3.05, 3.63) is 106 Å². The van der Waals surface area contributed by atoms with E-state index < -0.39 is 0 Å². The molecule has 2 N–H and O–H groups in total. The molecule has 2 amide bonds. The van der Waals surface area contributed by atoms with E-state index in [1.165, 1.54) is 22.5 Å².